The van der Waals surface area contributed by atoms with E-state index >= 15 is 0 Å². The van der Waals surface area contributed by atoms with E-state index in [9.17, 15) is 19.2 Å². The number of methoxy groups -OCH3 is 3. The van der Waals surface area contributed by atoms with Gasteiger partial charge in [0.05, 0.1) is 79.6 Å². The first-order valence-corrected chi connectivity index (χ1v) is 19.5. The number of alkyl carbamates (subject to hydrolysis) is 1. The van der Waals surface area contributed by atoms with Gasteiger partial charge >= 0.3 is 6.09 Å². The van der Waals surface area contributed by atoms with E-state index in [-0.39, 0.29) is 47.5 Å². The zero-order chi connectivity index (χ0) is 38.1. The van der Waals surface area contributed by atoms with Crippen LogP contribution in [0, 0.1) is 0 Å². The maximum atomic E-state index is 13.9. The van der Waals surface area contributed by atoms with Crippen LogP contribution in [0.2, 0.25) is 0 Å². The summed E-state index contributed by atoms with van der Waals surface area (Å²) in [6, 6.07) is 9.63. The number of rotatable bonds is 11. The highest BCUT2D eigenvalue weighted by molar-refractivity contribution is 7.99. The molecule has 16 heteroatoms. The summed E-state index contributed by atoms with van der Waals surface area (Å²) in [6.07, 6.45) is 0.689. The molecule has 0 bridgehead atoms. The second-order valence-corrected chi connectivity index (χ2v) is 15.2. The fraction of sp³-hybridized carbons (Fsp3) is 0.526. The summed E-state index contributed by atoms with van der Waals surface area (Å²) in [5, 5.41) is 10.6. The van der Waals surface area contributed by atoms with E-state index in [4.69, 9.17) is 28.6 Å². The number of fused-ring (bicyclic) bond motifs is 2. The van der Waals surface area contributed by atoms with Crippen molar-refractivity contribution in [1.82, 2.24) is 25.8 Å². The largest absolute Gasteiger partial charge is 0.456 e. The van der Waals surface area contributed by atoms with Crippen molar-refractivity contribution in [3.05, 3.63) is 57.7 Å². The van der Waals surface area contributed by atoms with Crippen molar-refractivity contribution in [2.75, 3.05) is 52.6 Å². The SMILES string of the molecule is COC(=O)N[C@H](C(=O)N1CSC[C@H]1C1=NCC(c2ccc3oc4cc(C5CN=C([C@@H]6CCCN6C(=O)C[C@@H](C)OC)N5)ccc4c(=O)c3c2)N1)[C@@H](C)OC. The third-order valence-electron chi connectivity index (χ3n) is 10.9. The minimum absolute atomic E-state index is 0.0722. The Morgan fingerprint density at radius 1 is 0.926 bits per heavy atom. The molecule has 1 aromatic heterocycles. The van der Waals surface area contributed by atoms with Crippen LogP contribution < -0.4 is 21.4 Å². The predicted octanol–water partition coefficient (Wildman–Crippen LogP) is 3.11. The molecular formula is C38H47N7O8S. The summed E-state index contributed by atoms with van der Waals surface area (Å²) in [7, 11) is 4.35. The quantitative estimate of drug-likeness (QED) is 0.245. The summed E-state index contributed by atoms with van der Waals surface area (Å²) in [6.45, 7) is 5.28. The number of amides is 3. The maximum absolute atomic E-state index is 13.9. The van der Waals surface area contributed by atoms with Crippen molar-refractivity contribution in [1.29, 1.82) is 0 Å². The molecule has 3 amide bonds. The van der Waals surface area contributed by atoms with Gasteiger partial charge < -0.3 is 44.4 Å². The molecule has 5 heterocycles. The van der Waals surface area contributed by atoms with Crippen molar-refractivity contribution >= 4 is 63.3 Å². The first-order chi connectivity index (χ1) is 26.1. The minimum atomic E-state index is -0.928. The van der Waals surface area contributed by atoms with E-state index in [1.807, 2.05) is 48.2 Å². The first-order valence-electron chi connectivity index (χ1n) is 18.3. The fourth-order valence-corrected chi connectivity index (χ4v) is 8.75. The molecule has 7 rings (SSSR count). The van der Waals surface area contributed by atoms with Crippen LogP contribution in [-0.4, -0.2) is 122 Å². The van der Waals surface area contributed by atoms with Gasteiger partial charge in [0.25, 0.3) is 0 Å². The van der Waals surface area contributed by atoms with E-state index in [0.717, 1.165) is 29.8 Å². The third kappa shape index (κ3) is 7.38. The summed E-state index contributed by atoms with van der Waals surface area (Å²) in [5.41, 5.74) is 2.68. The topological polar surface area (TPSA) is 176 Å². The number of aliphatic imine (C=N–C) groups is 2. The number of carbonyl (C=O) groups is 3. The number of nitrogens with one attached hydrogen (secondary N) is 3. The number of nitrogens with zero attached hydrogens (tertiary/aromatic N) is 4. The van der Waals surface area contributed by atoms with E-state index < -0.39 is 18.2 Å². The number of hydrogen-bond acceptors (Lipinski definition) is 13. The number of amidine groups is 2. The lowest BCUT2D eigenvalue weighted by atomic mass is 10.0. The van der Waals surface area contributed by atoms with Gasteiger partial charge in [0.15, 0.2) is 0 Å². The van der Waals surface area contributed by atoms with E-state index in [0.29, 0.717) is 65.5 Å². The van der Waals surface area contributed by atoms with Gasteiger partial charge in [-0.15, -0.1) is 11.8 Å². The van der Waals surface area contributed by atoms with Crippen LogP contribution in [0.25, 0.3) is 21.9 Å². The Balaban J connectivity index is 1.03. The Morgan fingerprint density at radius 2 is 1.63 bits per heavy atom. The summed E-state index contributed by atoms with van der Waals surface area (Å²) < 4.78 is 21.8. The molecule has 4 aliphatic rings. The lowest BCUT2D eigenvalue weighted by Gasteiger charge is -2.31. The van der Waals surface area contributed by atoms with Gasteiger partial charge in [0.2, 0.25) is 17.2 Å². The van der Waals surface area contributed by atoms with Crippen molar-refractivity contribution in [2.45, 2.75) is 75.5 Å². The van der Waals surface area contributed by atoms with Gasteiger partial charge in [-0.3, -0.25) is 24.4 Å². The van der Waals surface area contributed by atoms with Crippen LogP contribution in [0.15, 0.2) is 55.6 Å². The van der Waals surface area contributed by atoms with Gasteiger partial charge in [0, 0.05) is 26.5 Å². The molecule has 0 radical (unpaired) electrons. The van der Waals surface area contributed by atoms with Crippen LogP contribution in [0.4, 0.5) is 4.79 Å². The van der Waals surface area contributed by atoms with E-state index in [2.05, 4.69) is 16.0 Å². The number of carbonyl (C=O) groups excluding carboxylic acids is 3. The van der Waals surface area contributed by atoms with Gasteiger partial charge in [-0.05, 0) is 62.1 Å². The average molecular weight is 762 g/mol. The lowest BCUT2D eigenvalue weighted by molar-refractivity contribution is -0.136. The Kier molecular flexibility index (Phi) is 11.1. The van der Waals surface area contributed by atoms with Crippen LogP contribution in [-0.2, 0) is 23.8 Å². The minimum Gasteiger partial charge on any atom is -0.456 e. The monoisotopic (exact) mass is 761 g/mol. The van der Waals surface area contributed by atoms with Crippen LogP contribution in [0.1, 0.15) is 56.3 Å². The molecule has 15 nitrogen and oxygen atoms in total. The van der Waals surface area contributed by atoms with Crippen molar-refractivity contribution in [2.24, 2.45) is 9.98 Å². The number of hydrogen-bond donors (Lipinski definition) is 3. The number of likely N-dealkylation sites (tertiary alicyclic amines) is 1. The third-order valence-corrected chi connectivity index (χ3v) is 11.9. The van der Waals surface area contributed by atoms with Crippen LogP contribution in [0.3, 0.4) is 0 Å². The molecule has 3 aromatic rings. The lowest BCUT2D eigenvalue weighted by Crippen LogP contribution is -2.57. The standard InChI is InChI=1S/C38H47N7O8S/c1-20(50-3)13-32(46)44-12-6-7-28(44)35-39-17-27(41-35)23-8-10-24-31(15-23)53-30-11-9-22(14-25(30)34(24)47)26-16-40-36(42-26)29-18-54-19-45(29)37(48)33(21(2)51-4)43-38(49)52-5/h8-11,14-15,20-21,26-29,33H,6-7,12-13,16-19H2,1-5H3,(H,39,41)(H,40,42)(H,43,49)/t20-,21-,26?,27?,28+,29+,33+/m1/s1. The summed E-state index contributed by atoms with van der Waals surface area (Å²) >= 11 is 1.60. The summed E-state index contributed by atoms with van der Waals surface area (Å²) in [5.74, 6) is 2.37. The molecule has 0 spiro atoms. The van der Waals surface area contributed by atoms with Crippen LogP contribution in [0.5, 0.6) is 0 Å². The van der Waals surface area contributed by atoms with Gasteiger partial charge in [0.1, 0.15) is 28.9 Å². The maximum Gasteiger partial charge on any atom is 0.407 e. The Labute approximate surface area is 317 Å². The average Bonchev–Trinajstić information content (AvgIpc) is 4.02. The zero-order valence-corrected chi connectivity index (χ0v) is 31.9. The molecule has 7 atom stereocenters. The van der Waals surface area contributed by atoms with Crippen molar-refractivity contribution in [3.8, 4) is 0 Å². The van der Waals surface area contributed by atoms with Gasteiger partial charge in [-0.25, -0.2) is 4.79 Å². The Bertz CT molecular complexity index is 2050. The highest BCUT2D eigenvalue weighted by Gasteiger charge is 2.41. The predicted molar refractivity (Wildman–Crippen MR) is 206 cm³/mol. The number of ether oxygens (including phenoxy) is 3. The van der Waals surface area contributed by atoms with Gasteiger partial charge in [-0.2, -0.15) is 0 Å². The molecule has 2 aromatic carbocycles. The van der Waals surface area contributed by atoms with E-state index in [1.54, 1.807) is 30.7 Å². The molecule has 4 aliphatic heterocycles. The molecule has 0 saturated carbocycles. The molecule has 3 N–H and O–H groups in total. The van der Waals surface area contributed by atoms with Crippen molar-refractivity contribution in [3.63, 3.8) is 0 Å². The Morgan fingerprint density at radius 3 is 2.33 bits per heavy atom. The molecule has 288 valence electrons. The normalized spacial score (nSPS) is 24.2. The molecule has 2 fully saturated rings. The molecular weight excluding hydrogens is 715 g/mol. The van der Waals surface area contributed by atoms with Crippen molar-refractivity contribution < 1.29 is 33.0 Å². The van der Waals surface area contributed by atoms with Gasteiger partial charge in [-0.1, -0.05) is 12.1 Å². The smallest absolute Gasteiger partial charge is 0.407 e. The first kappa shape index (κ1) is 37.6. The highest BCUT2D eigenvalue weighted by Crippen LogP contribution is 2.31. The molecule has 0 aliphatic carbocycles. The molecule has 54 heavy (non-hydrogen) atoms. The fourth-order valence-electron chi connectivity index (χ4n) is 7.58. The molecule has 2 saturated heterocycles. The van der Waals surface area contributed by atoms with E-state index in [1.165, 1.54) is 14.2 Å². The number of benzene rings is 2. The highest BCUT2D eigenvalue weighted by atomic mass is 32.2. The molecule has 2 unspecified atom stereocenters. The zero-order valence-electron chi connectivity index (χ0n) is 31.1. The van der Waals surface area contributed by atoms with Crippen LogP contribution >= 0.6 is 11.8 Å². The number of thioether (sulfide) groups is 1. The Hall–Kier alpha value is -4.67. The second-order valence-electron chi connectivity index (χ2n) is 14.2. The second kappa shape index (κ2) is 16.0. The summed E-state index contributed by atoms with van der Waals surface area (Å²) in [4.78, 5) is 65.7.